The summed E-state index contributed by atoms with van der Waals surface area (Å²) in [5.74, 6) is -1.18. The van der Waals surface area contributed by atoms with Gasteiger partial charge in [-0.2, -0.15) is 4.39 Å². The molecule has 8 heteroatoms. The smallest absolute Gasteiger partial charge is 0.381 e. The molecule has 110 valence electrons. The van der Waals surface area contributed by atoms with Crippen molar-refractivity contribution >= 4 is 22.6 Å². The largest absolute Gasteiger partial charge is 0.461 e. The van der Waals surface area contributed by atoms with Crippen LogP contribution in [0.25, 0.3) is 10.9 Å². The molecule has 0 fully saturated rings. The standard InChI is InChI=1S/C13H11FN2O5/c1-2-20-13(17)12(14)21-10-6-5-9(16(18)19)11-8(10)4-3-7-15-11/h3-7,12H,2H2,1H3. The lowest BCUT2D eigenvalue weighted by molar-refractivity contribution is -0.383. The molecule has 21 heavy (non-hydrogen) atoms. The van der Waals surface area contributed by atoms with Crippen LogP contribution in [0.4, 0.5) is 10.1 Å². The molecule has 0 N–H and O–H groups in total. The molecule has 0 bridgehead atoms. The van der Waals surface area contributed by atoms with Crippen LogP contribution in [0.2, 0.25) is 0 Å². The van der Waals surface area contributed by atoms with Gasteiger partial charge in [0.25, 0.3) is 5.69 Å². The second kappa shape index (κ2) is 6.12. The highest BCUT2D eigenvalue weighted by Gasteiger charge is 2.23. The Hall–Kier alpha value is -2.77. The second-order valence-electron chi connectivity index (χ2n) is 3.93. The van der Waals surface area contributed by atoms with E-state index >= 15 is 0 Å². The predicted octanol–water partition coefficient (Wildman–Crippen LogP) is 2.38. The summed E-state index contributed by atoms with van der Waals surface area (Å²) in [4.78, 5) is 25.4. The lowest BCUT2D eigenvalue weighted by Gasteiger charge is -2.12. The quantitative estimate of drug-likeness (QED) is 0.477. The summed E-state index contributed by atoms with van der Waals surface area (Å²) in [6.45, 7) is 1.56. The molecule has 0 spiro atoms. The van der Waals surface area contributed by atoms with Crippen molar-refractivity contribution < 1.29 is 23.6 Å². The molecule has 1 aromatic carbocycles. The van der Waals surface area contributed by atoms with E-state index in [2.05, 4.69) is 9.72 Å². The van der Waals surface area contributed by atoms with E-state index in [1.165, 1.54) is 31.3 Å². The normalized spacial score (nSPS) is 11.9. The van der Waals surface area contributed by atoms with Gasteiger partial charge in [0, 0.05) is 17.6 Å². The molecule has 1 heterocycles. The summed E-state index contributed by atoms with van der Waals surface area (Å²) in [7, 11) is 0. The van der Waals surface area contributed by atoms with Gasteiger partial charge in [-0.15, -0.1) is 0 Å². The van der Waals surface area contributed by atoms with Crippen LogP contribution < -0.4 is 4.74 Å². The van der Waals surface area contributed by atoms with E-state index in [4.69, 9.17) is 4.74 Å². The van der Waals surface area contributed by atoms with Gasteiger partial charge >= 0.3 is 12.3 Å². The Labute approximate surface area is 118 Å². The monoisotopic (exact) mass is 294 g/mol. The maximum absolute atomic E-state index is 13.6. The molecule has 0 radical (unpaired) electrons. The first-order valence-electron chi connectivity index (χ1n) is 6.04. The number of non-ortho nitro benzene ring substituents is 1. The van der Waals surface area contributed by atoms with Gasteiger partial charge in [-0.25, -0.2) is 9.78 Å². The van der Waals surface area contributed by atoms with Crippen LogP contribution in [0, 0.1) is 10.1 Å². The van der Waals surface area contributed by atoms with E-state index < -0.39 is 17.3 Å². The van der Waals surface area contributed by atoms with Crippen molar-refractivity contribution in [2.45, 2.75) is 13.3 Å². The van der Waals surface area contributed by atoms with E-state index in [0.29, 0.717) is 0 Å². The van der Waals surface area contributed by atoms with Gasteiger partial charge in [0.2, 0.25) is 0 Å². The number of hydrogen-bond acceptors (Lipinski definition) is 6. The van der Waals surface area contributed by atoms with Crippen LogP contribution in [0.3, 0.4) is 0 Å². The molecule has 1 atom stereocenters. The van der Waals surface area contributed by atoms with E-state index in [-0.39, 0.29) is 28.9 Å². The number of nitro groups is 1. The lowest BCUT2D eigenvalue weighted by Crippen LogP contribution is -2.24. The number of hydrogen-bond donors (Lipinski definition) is 0. The second-order valence-corrected chi connectivity index (χ2v) is 3.93. The van der Waals surface area contributed by atoms with Gasteiger partial charge < -0.3 is 9.47 Å². The van der Waals surface area contributed by atoms with Crippen molar-refractivity contribution in [3.8, 4) is 5.75 Å². The number of nitro benzene ring substituents is 1. The zero-order valence-electron chi connectivity index (χ0n) is 11.0. The van der Waals surface area contributed by atoms with Crippen molar-refractivity contribution in [3.63, 3.8) is 0 Å². The van der Waals surface area contributed by atoms with Crippen LogP contribution in [0.15, 0.2) is 30.5 Å². The first-order chi connectivity index (χ1) is 10.0. The maximum Gasteiger partial charge on any atom is 0.381 e. The van der Waals surface area contributed by atoms with Gasteiger partial charge in [-0.05, 0) is 25.1 Å². The van der Waals surface area contributed by atoms with Gasteiger partial charge in [0.15, 0.2) is 5.52 Å². The van der Waals surface area contributed by atoms with Crippen molar-refractivity contribution in [2.75, 3.05) is 6.61 Å². The number of nitrogens with zero attached hydrogens (tertiary/aromatic N) is 2. The number of halogens is 1. The predicted molar refractivity (Wildman–Crippen MR) is 70.6 cm³/mol. The summed E-state index contributed by atoms with van der Waals surface area (Å²) in [5, 5.41) is 11.2. The average molecular weight is 294 g/mol. The van der Waals surface area contributed by atoms with Gasteiger partial charge in [-0.3, -0.25) is 10.1 Å². The van der Waals surface area contributed by atoms with Crippen molar-refractivity contribution in [1.29, 1.82) is 0 Å². The first-order valence-corrected chi connectivity index (χ1v) is 6.04. The van der Waals surface area contributed by atoms with Gasteiger partial charge in [0.1, 0.15) is 5.75 Å². The van der Waals surface area contributed by atoms with Crippen molar-refractivity contribution in [1.82, 2.24) is 4.98 Å². The highest BCUT2D eigenvalue weighted by atomic mass is 19.1. The summed E-state index contributed by atoms with van der Waals surface area (Å²) < 4.78 is 23.0. The van der Waals surface area contributed by atoms with Crippen molar-refractivity contribution in [3.05, 3.63) is 40.6 Å². The topological polar surface area (TPSA) is 91.6 Å². The molecule has 1 aromatic heterocycles. The van der Waals surface area contributed by atoms with Crippen LogP contribution in [-0.4, -0.2) is 28.8 Å². The number of fused-ring (bicyclic) bond motifs is 1. The Bertz CT molecular complexity index is 691. The average Bonchev–Trinajstić information content (AvgIpc) is 2.47. The lowest BCUT2D eigenvalue weighted by atomic mass is 10.1. The molecule has 0 saturated heterocycles. The van der Waals surface area contributed by atoms with Gasteiger partial charge in [0.05, 0.1) is 11.5 Å². The number of aromatic nitrogens is 1. The zero-order valence-corrected chi connectivity index (χ0v) is 11.0. The Morgan fingerprint density at radius 2 is 2.24 bits per heavy atom. The van der Waals surface area contributed by atoms with E-state index in [1.807, 2.05) is 0 Å². The Balaban J connectivity index is 2.40. The highest BCUT2D eigenvalue weighted by Crippen LogP contribution is 2.31. The molecule has 2 rings (SSSR count). The number of rotatable bonds is 5. The van der Waals surface area contributed by atoms with E-state index in [9.17, 15) is 19.3 Å². The third kappa shape index (κ3) is 3.04. The fourth-order valence-corrected chi connectivity index (χ4v) is 1.75. The van der Waals surface area contributed by atoms with Crippen LogP contribution >= 0.6 is 0 Å². The van der Waals surface area contributed by atoms with Crippen LogP contribution in [0.5, 0.6) is 5.75 Å². The molecule has 0 aliphatic rings. The minimum absolute atomic E-state index is 0.0190. The Morgan fingerprint density at radius 3 is 2.90 bits per heavy atom. The third-order valence-electron chi connectivity index (χ3n) is 2.61. The molecule has 7 nitrogen and oxygen atoms in total. The van der Waals surface area contributed by atoms with Crippen LogP contribution in [-0.2, 0) is 9.53 Å². The number of ether oxygens (including phenoxy) is 2. The van der Waals surface area contributed by atoms with Crippen LogP contribution in [0.1, 0.15) is 6.92 Å². The molecule has 2 aromatic rings. The number of carbonyl (C=O) groups excluding carboxylic acids is 1. The fourth-order valence-electron chi connectivity index (χ4n) is 1.75. The third-order valence-corrected chi connectivity index (χ3v) is 2.61. The van der Waals surface area contributed by atoms with E-state index in [1.54, 1.807) is 0 Å². The number of pyridine rings is 1. The summed E-state index contributed by atoms with van der Waals surface area (Å²) in [6, 6.07) is 5.37. The summed E-state index contributed by atoms with van der Waals surface area (Å²) >= 11 is 0. The number of esters is 1. The van der Waals surface area contributed by atoms with Crippen molar-refractivity contribution in [2.24, 2.45) is 0 Å². The number of alkyl halides is 1. The molecule has 0 aliphatic carbocycles. The minimum Gasteiger partial charge on any atom is -0.461 e. The summed E-state index contributed by atoms with van der Waals surface area (Å²) in [5.41, 5.74) is -0.180. The fraction of sp³-hybridized carbons (Fsp3) is 0.231. The maximum atomic E-state index is 13.6. The molecule has 0 amide bonds. The number of carbonyl (C=O) groups is 1. The summed E-state index contributed by atoms with van der Waals surface area (Å²) in [6.07, 6.45) is -0.938. The molecule has 0 aliphatic heterocycles. The zero-order chi connectivity index (χ0) is 15.4. The Morgan fingerprint density at radius 1 is 1.48 bits per heavy atom. The molecular weight excluding hydrogens is 283 g/mol. The molecule has 1 unspecified atom stereocenters. The van der Waals surface area contributed by atoms with E-state index in [0.717, 1.165) is 6.07 Å². The highest BCUT2D eigenvalue weighted by molar-refractivity contribution is 5.92. The first kappa shape index (κ1) is 14.6. The van der Waals surface area contributed by atoms with Gasteiger partial charge in [-0.1, -0.05) is 0 Å². The molecular formula is C13H11FN2O5. The Kier molecular flexibility index (Phi) is 4.27. The molecule has 0 saturated carbocycles. The minimum atomic E-state index is -2.31. The SMILES string of the molecule is CCOC(=O)C(F)Oc1ccc([N+](=O)[O-])c2ncccc12. The number of benzene rings is 1.